The minimum Gasteiger partial charge on any atom is -0.478 e. The molecule has 1 unspecified atom stereocenters. The van der Waals surface area contributed by atoms with Gasteiger partial charge in [0.2, 0.25) is 0 Å². The molecule has 0 aromatic rings. The van der Waals surface area contributed by atoms with Gasteiger partial charge in [-0.15, -0.1) is 0 Å². The van der Waals surface area contributed by atoms with Crippen molar-refractivity contribution in [2.45, 2.75) is 37.8 Å². The third-order valence-electron chi connectivity index (χ3n) is 3.29. The molecule has 1 saturated heterocycles. The van der Waals surface area contributed by atoms with E-state index in [1.54, 1.807) is 0 Å². The smallest absolute Gasteiger partial charge is 0.335 e. The first-order valence-corrected chi connectivity index (χ1v) is 6.62. The van der Waals surface area contributed by atoms with E-state index in [-0.39, 0.29) is 12.0 Å². The first kappa shape index (κ1) is 16.9. The minimum absolute atomic E-state index is 0.167. The molecule has 1 fully saturated rings. The number of hydrogen-bond acceptors (Lipinski definition) is 5. The van der Waals surface area contributed by atoms with Crippen molar-refractivity contribution in [3.05, 3.63) is 23.8 Å². The Hall–Kier alpha value is -2.15. The standard InChI is InChI=1S/C10H15NO2.C4H4O4/c1-13-10(12)8-4-2-3-7-5-6-9(8)11-7;5-3(6)1-2-4(7)8/h4,7,9,11H,2-3,5-6H2,1H3;1-2H,(H,5,6)(H,7,8)/t7?,9-;/m1./s1. The van der Waals surface area contributed by atoms with Crippen LogP contribution in [0.25, 0.3) is 0 Å². The summed E-state index contributed by atoms with van der Waals surface area (Å²) in [5, 5.41) is 19.1. The van der Waals surface area contributed by atoms with Crippen LogP contribution in [0, 0.1) is 0 Å². The van der Waals surface area contributed by atoms with Gasteiger partial charge in [0.05, 0.1) is 12.7 Å². The molecule has 2 aliphatic rings. The molecule has 2 atom stereocenters. The zero-order chi connectivity index (χ0) is 15.8. The van der Waals surface area contributed by atoms with Gasteiger partial charge in [0.25, 0.3) is 0 Å². The lowest BCUT2D eigenvalue weighted by atomic mass is 10.00. The van der Waals surface area contributed by atoms with Gasteiger partial charge in [-0.25, -0.2) is 14.4 Å². The third kappa shape index (κ3) is 5.78. The van der Waals surface area contributed by atoms with Gasteiger partial charge < -0.3 is 20.3 Å². The summed E-state index contributed by atoms with van der Waals surface area (Å²) in [6.07, 6.45) is 7.56. The highest BCUT2D eigenvalue weighted by Gasteiger charge is 2.31. The zero-order valence-corrected chi connectivity index (χ0v) is 11.7. The Kier molecular flexibility index (Phi) is 6.61. The predicted octanol–water partition coefficient (Wildman–Crippen LogP) is 0.712. The molecule has 0 amide bonds. The molecule has 0 spiro atoms. The lowest BCUT2D eigenvalue weighted by Crippen LogP contribution is -2.31. The maximum atomic E-state index is 11.4. The van der Waals surface area contributed by atoms with Crippen LogP contribution in [0.1, 0.15) is 25.7 Å². The number of allylic oxidation sites excluding steroid dienone is 1. The number of carbonyl (C=O) groups is 3. The highest BCUT2D eigenvalue weighted by molar-refractivity contribution is 5.90. The fraction of sp³-hybridized carbons (Fsp3) is 0.500. The molecule has 0 saturated carbocycles. The fourth-order valence-electron chi connectivity index (χ4n) is 2.36. The van der Waals surface area contributed by atoms with E-state index in [4.69, 9.17) is 14.9 Å². The van der Waals surface area contributed by atoms with Gasteiger partial charge in [-0.2, -0.15) is 0 Å². The van der Waals surface area contributed by atoms with Crippen LogP contribution < -0.4 is 5.32 Å². The van der Waals surface area contributed by atoms with Crippen LogP contribution in [0.2, 0.25) is 0 Å². The molecule has 2 bridgehead atoms. The van der Waals surface area contributed by atoms with Gasteiger partial charge >= 0.3 is 17.9 Å². The maximum Gasteiger partial charge on any atom is 0.335 e. The van der Waals surface area contributed by atoms with Gasteiger partial charge in [-0.1, -0.05) is 6.08 Å². The highest BCUT2D eigenvalue weighted by Crippen LogP contribution is 2.26. The van der Waals surface area contributed by atoms with Gasteiger partial charge in [0.15, 0.2) is 0 Å². The molecule has 0 aromatic carbocycles. The van der Waals surface area contributed by atoms with Crippen LogP contribution in [0.3, 0.4) is 0 Å². The second-order valence-corrected chi connectivity index (χ2v) is 4.73. The second kappa shape index (κ2) is 8.21. The molecule has 2 heterocycles. The molecular formula is C14H19NO6. The topological polar surface area (TPSA) is 113 Å². The van der Waals surface area contributed by atoms with Crippen LogP contribution in [-0.2, 0) is 19.1 Å². The second-order valence-electron chi connectivity index (χ2n) is 4.73. The van der Waals surface area contributed by atoms with E-state index in [0.717, 1.165) is 24.8 Å². The molecule has 3 N–H and O–H groups in total. The highest BCUT2D eigenvalue weighted by atomic mass is 16.5. The number of carboxylic acids is 2. The number of nitrogens with one attached hydrogen (secondary N) is 1. The number of esters is 1. The van der Waals surface area contributed by atoms with E-state index >= 15 is 0 Å². The fourth-order valence-corrected chi connectivity index (χ4v) is 2.36. The van der Waals surface area contributed by atoms with Crippen molar-refractivity contribution in [2.24, 2.45) is 0 Å². The van der Waals surface area contributed by atoms with Gasteiger partial charge in [0.1, 0.15) is 0 Å². The monoisotopic (exact) mass is 297 g/mol. The van der Waals surface area contributed by atoms with E-state index in [0.29, 0.717) is 18.2 Å². The molecule has 2 rings (SSSR count). The first-order valence-electron chi connectivity index (χ1n) is 6.62. The first-order chi connectivity index (χ1) is 9.93. The number of aliphatic carboxylic acids is 2. The zero-order valence-electron chi connectivity index (χ0n) is 11.7. The van der Waals surface area contributed by atoms with Crippen molar-refractivity contribution in [2.75, 3.05) is 7.11 Å². The Labute approximate surface area is 122 Å². The number of ether oxygens (including phenoxy) is 1. The average Bonchev–Trinajstić information content (AvgIpc) is 2.78. The van der Waals surface area contributed by atoms with Crippen molar-refractivity contribution >= 4 is 17.9 Å². The number of carbonyl (C=O) groups excluding carboxylic acids is 1. The van der Waals surface area contributed by atoms with Crippen molar-refractivity contribution in [3.63, 3.8) is 0 Å². The van der Waals surface area contributed by atoms with E-state index in [2.05, 4.69) is 5.32 Å². The summed E-state index contributed by atoms with van der Waals surface area (Å²) in [4.78, 5) is 30.5. The molecule has 0 radical (unpaired) electrons. The van der Waals surface area contributed by atoms with E-state index in [9.17, 15) is 14.4 Å². The number of hydrogen-bond donors (Lipinski definition) is 3. The van der Waals surface area contributed by atoms with Crippen LogP contribution in [0.5, 0.6) is 0 Å². The summed E-state index contributed by atoms with van der Waals surface area (Å²) in [7, 11) is 1.44. The van der Waals surface area contributed by atoms with Crippen LogP contribution in [0.15, 0.2) is 23.8 Å². The van der Waals surface area contributed by atoms with Crippen LogP contribution >= 0.6 is 0 Å². The quantitative estimate of drug-likeness (QED) is 0.519. The van der Waals surface area contributed by atoms with Gasteiger partial charge in [-0.3, -0.25) is 0 Å². The molecule has 0 aliphatic carbocycles. The average molecular weight is 297 g/mol. The van der Waals surface area contributed by atoms with E-state index in [1.807, 2.05) is 6.08 Å². The summed E-state index contributed by atoms with van der Waals surface area (Å²) in [5.74, 6) is -2.68. The normalized spacial score (nSPS) is 23.6. The SMILES string of the molecule is COC(=O)C1=CCCC2CC[C@H]1N2.O=C(O)C=CC(=O)O. The Balaban J connectivity index is 0.000000240. The lowest BCUT2D eigenvalue weighted by molar-refractivity contribution is -0.136. The van der Waals surface area contributed by atoms with E-state index < -0.39 is 11.9 Å². The summed E-state index contributed by atoms with van der Waals surface area (Å²) < 4.78 is 4.75. The summed E-state index contributed by atoms with van der Waals surface area (Å²) in [6.45, 7) is 0. The summed E-state index contributed by atoms with van der Waals surface area (Å²) in [5.41, 5.74) is 0.836. The van der Waals surface area contributed by atoms with Crippen molar-refractivity contribution in [1.82, 2.24) is 5.32 Å². The summed E-state index contributed by atoms with van der Waals surface area (Å²) >= 11 is 0. The van der Waals surface area contributed by atoms with Gasteiger partial charge in [0, 0.05) is 24.2 Å². The molecule has 116 valence electrons. The Morgan fingerprint density at radius 1 is 1.19 bits per heavy atom. The van der Waals surface area contributed by atoms with Crippen LogP contribution in [0.4, 0.5) is 0 Å². The Bertz CT molecular complexity index is 452. The lowest BCUT2D eigenvalue weighted by Gasteiger charge is -2.12. The number of rotatable bonds is 3. The van der Waals surface area contributed by atoms with Gasteiger partial charge in [-0.05, 0) is 25.7 Å². The minimum atomic E-state index is -1.26. The molecule has 21 heavy (non-hydrogen) atoms. The number of carboxylic acid groups (broad SMARTS) is 2. The Morgan fingerprint density at radius 2 is 1.81 bits per heavy atom. The van der Waals surface area contributed by atoms with Crippen molar-refractivity contribution < 1.29 is 29.3 Å². The van der Waals surface area contributed by atoms with Crippen molar-refractivity contribution in [1.29, 1.82) is 0 Å². The summed E-state index contributed by atoms with van der Waals surface area (Å²) in [6, 6.07) is 0.864. The molecule has 7 heteroatoms. The van der Waals surface area contributed by atoms with Crippen LogP contribution in [-0.4, -0.2) is 47.3 Å². The molecule has 2 aliphatic heterocycles. The Morgan fingerprint density at radius 3 is 2.33 bits per heavy atom. The number of fused-ring (bicyclic) bond motifs is 2. The predicted molar refractivity (Wildman–Crippen MR) is 73.7 cm³/mol. The molecular weight excluding hydrogens is 278 g/mol. The number of methoxy groups -OCH3 is 1. The maximum absolute atomic E-state index is 11.4. The molecule has 0 aromatic heterocycles. The van der Waals surface area contributed by atoms with Crippen molar-refractivity contribution in [3.8, 4) is 0 Å². The largest absolute Gasteiger partial charge is 0.478 e. The molecule has 7 nitrogen and oxygen atoms in total. The third-order valence-corrected chi connectivity index (χ3v) is 3.29. The van der Waals surface area contributed by atoms with E-state index in [1.165, 1.54) is 13.5 Å².